The van der Waals surface area contributed by atoms with Crippen LogP contribution in [0.3, 0.4) is 0 Å². The second kappa shape index (κ2) is 3.87. The van der Waals surface area contributed by atoms with Gasteiger partial charge in [0.25, 0.3) is 0 Å². The maximum atomic E-state index is 11.1. The quantitative estimate of drug-likeness (QED) is 0.565. The molecule has 0 spiro atoms. The average Bonchev–Trinajstić information content (AvgIpc) is 1.96. The molecule has 1 aromatic rings. The Morgan fingerprint density at radius 1 is 1.50 bits per heavy atom. The van der Waals surface area contributed by atoms with E-state index in [1.165, 1.54) is 5.56 Å². The standard InChI is InChI=1S/C9H8BrIO/c1-5-3-8(10)7(6(2)12)4-9(5)11/h3-4H,1-2H3. The summed E-state index contributed by atoms with van der Waals surface area (Å²) >= 11 is 5.58. The van der Waals surface area contributed by atoms with Crippen LogP contribution in [-0.2, 0) is 0 Å². The molecule has 12 heavy (non-hydrogen) atoms. The molecule has 0 bridgehead atoms. The molecule has 64 valence electrons. The Labute approximate surface area is 93.8 Å². The number of aryl methyl sites for hydroxylation is 1. The van der Waals surface area contributed by atoms with E-state index in [1.54, 1.807) is 6.92 Å². The van der Waals surface area contributed by atoms with Gasteiger partial charge >= 0.3 is 0 Å². The summed E-state index contributed by atoms with van der Waals surface area (Å²) in [5, 5.41) is 0. The van der Waals surface area contributed by atoms with E-state index in [0.717, 1.165) is 13.6 Å². The van der Waals surface area contributed by atoms with Crippen molar-refractivity contribution in [1.29, 1.82) is 0 Å². The van der Waals surface area contributed by atoms with Gasteiger partial charge in [0, 0.05) is 13.6 Å². The Bertz CT molecular complexity index is 334. The Morgan fingerprint density at radius 3 is 2.58 bits per heavy atom. The topological polar surface area (TPSA) is 17.1 Å². The molecule has 1 nitrogen and oxygen atoms in total. The molecule has 0 radical (unpaired) electrons. The zero-order chi connectivity index (χ0) is 9.30. The molecule has 3 heteroatoms. The van der Waals surface area contributed by atoms with E-state index in [-0.39, 0.29) is 5.78 Å². The molecule has 0 saturated heterocycles. The van der Waals surface area contributed by atoms with Gasteiger partial charge in [-0.15, -0.1) is 0 Å². The Morgan fingerprint density at radius 2 is 2.08 bits per heavy atom. The fourth-order valence-electron chi connectivity index (χ4n) is 0.916. The molecule has 1 rings (SSSR count). The molecule has 0 aliphatic rings. The highest BCUT2D eigenvalue weighted by molar-refractivity contribution is 14.1. The molecule has 0 N–H and O–H groups in total. The number of ketones is 1. The van der Waals surface area contributed by atoms with E-state index in [1.807, 2.05) is 19.1 Å². The number of hydrogen-bond donors (Lipinski definition) is 0. The lowest BCUT2D eigenvalue weighted by molar-refractivity contribution is 0.101. The van der Waals surface area contributed by atoms with Gasteiger partial charge in [-0.1, -0.05) is 15.9 Å². The lowest BCUT2D eigenvalue weighted by atomic mass is 10.1. The highest BCUT2D eigenvalue weighted by atomic mass is 127. The first-order valence-electron chi connectivity index (χ1n) is 3.49. The van der Waals surface area contributed by atoms with Crippen molar-refractivity contribution in [1.82, 2.24) is 0 Å². The maximum Gasteiger partial charge on any atom is 0.160 e. The molecule has 1 aromatic carbocycles. The lowest BCUT2D eigenvalue weighted by Gasteiger charge is -2.03. The van der Waals surface area contributed by atoms with Crippen LogP contribution in [0.5, 0.6) is 0 Å². The van der Waals surface area contributed by atoms with Gasteiger partial charge in [0.2, 0.25) is 0 Å². The molecular weight excluding hydrogens is 331 g/mol. The van der Waals surface area contributed by atoms with Crippen LogP contribution < -0.4 is 0 Å². The monoisotopic (exact) mass is 338 g/mol. The largest absolute Gasteiger partial charge is 0.294 e. The van der Waals surface area contributed by atoms with Crippen molar-refractivity contribution in [3.8, 4) is 0 Å². The Kier molecular flexibility index (Phi) is 3.29. The minimum absolute atomic E-state index is 0.0970. The van der Waals surface area contributed by atoms with E-state index >= 15 is 0 Å². The van der Waals surface area contributed by atoms with Crippen LogP contribution in [0, 0.1) is 10.5 Å². The Hall–Kier alpha value is 0.1000. The van der Waals surface area contributed by atoms with Gasteiger partial charge < -0.3 is 0 Å². The molecule has 0 saturated carbocycles. The fourth-order valence-corrected chi connectivity index (χ4v) is 2.12. The first-order valence-corrected chi connectivity index (χ1v) is 5.36. The Balaban J connectivity index is 3.33. The number of rotatable bonds is 1. The summed E-state index contributed by atoms with van der Waals surface area (Å²) in [6, 6.07) is 3.88. The summed E-state index contributed by atoms with van der Waals surface area (Å²) in [5.74, 6) is 0.0970. The van der Waals surface area contributed by atoms with Gasteiger partial charge in [0.15, 0.2) is 5.78 Å². The third kappa shape index (κ3) is 2.07. The van der Waals surface area contributed by atoms with Gasteiger partial charge in [-0.2, -0.15) is 0 Å². The molecular formula is C9H8BrIO. The van der Waals surface area contributed by atoms with E-state index < -0.39 is 0 Å². The summed E-state index contributed by atoms with van der Waals surface area (Å²) in [7, 11) is 0. The van der Waals surface area contributed by atoms with Crippen molar-refractivity contribution in [2.45, 2.75) is 13.8 Å². The van der Waals surface area contributed by atoms with Gasteiger partial charge in [-0.25, -0.2) is 0 Å². The number of carbonyl (C=O) groups excluding carboxylic acids is 1. The smallest absolute Gasteiger partial charge is 0.160 e. The van der Waals surface area contributed by atoms with Crippen molar-refractivity contribution in [2.75, 3.05) is 0 Å². The minimum Gasteiger partial charge on any atom is -0.294 e. The average molecular weight is 339 g/mol. The molecule has 0 aliphatic carbocycles. The molecule has 0 heterocycles. The SMILES string of the molecule is CC(=O)c1cc(I)c(C)cc1Br. The third-order valence-corrected chi connectivity index (χ3v) is 3.45. The van der Waals surface area contributed by atoms with Crippen LogP contribution in [-0.4, -0.2) is 5.78 Å². The first kappa shape index (κ1) is 10.2. The molecule has 0 aliphatic heterocycles. The van der Waals surface area contributed by atoms with E-state index in [9.17, 15) is 4.79 Å². The van der Waals surface area contributed by atoms with Crippen LogP contribution >= 0.6 is 38.5 Å². The highest BCUT2D eigenvalue weighted by Crippen LogP contribution is 2.23. The van der Waals surface area contributed by atoms with Gasteiger partial charge in [-0.3, -0.25) is 4.79 Å². The van der Waals surface area contributed by atoms with Crippen LogP contribution in [0.4, 0.5) is 0 Å². The number of Topliss-reactive ketones (excluding diaryl/α,β-unsaturated/α-hetero) is 1. The second-order valence-electron chi connectivity index (χ2n) is 2.64. The van der Waals surface area contributed by atoms with E-state index in [2.05, 4.69) is 38.5 Å². The van der Waals surface area contributed by atoms with Gasteiger partial charge in [-0.05, 0) is 54.1 Å². The number of carbonyl (C=O) groups is 1. The zero-order valence-electron chi connectivity index (χ0n) is 6.82. The molecule has 0 fully saturated rings. The van der Waals surface area contributed by atoms with Crippen LogP contribution in [0.1, 0.15) is 22.8 Å². The summed E-state index contributed by atoms with van der Waals surface area (Å²) < 4.78 is 2.01. The van der Waals surface area contributed by atoms with Crippen molar-refractivity contribution in [3.63, 3.8) is 0 Å². The maximum absolute atomic E-state index is 11.1. The molecule has 0 atom stereocenters. The van der Waals surface area contributed by atoms with E-state index in [0.29, 0.717) is 0 Å². The first-order chi connectivity index (χ1) is 5.52. The van der Waals surface area contributed by atoms with Crippen molar-refractivity contribution in [2.24, 2.45) is 0 Å². The predicted octanol–water partition coefficient (Wildman–Crippen LogP) is 3.56. The summed E-state index contributed by atoms with van der Waals surface area (Å²) in [6.07, 6.45) is 0. The lowest BCUT2D eigenvalue weighted by Crippen LogP contribution is -1.95. The third-order valence-electron chi connectivity index (χ3n) is 1.63. The van der Waals surface area contributed by atoms with Crippen LogP contribution in [0.15, 0.2) is 16.6 Å². The van der Waals surface area contributed by atoms with Crippen LogP contribution in [0.2, 0.25) is 0 Å². The second-order valence-corrected chi connectivity index (χ2v) is 4.65. The highest BCUT2D eigenvalue weighted by Gasteiger charge is 2.07. The summed E-state index contributed by atoms with van der Waals surface area (Å²) in [5.41, 5.74) is 1.94. The predicted molar refractivity (Wildman–Crippen MR) is 61.6 cm³/mol. The van der Waals surface area contributed by atoms with Crippen molar-refractivity contribution >= 4 is 44.3 Å². The molecule has 0 aromatic heterocycles. The van der Waals surface area contributed by atoms with Crippen molar-refractivity contribution in [3.05, 3.63) is 31.3 Å². The normalized spacial score (nSPS) is 10.0. The minimum atomic E-state index is 0.0970. The van der Waals surface area contributed by atoms with Crippen LogP contribution in [0.25, 0.3) is 0 Å². The molecule has 0 amide bonds. The summed E-state index contributed by atoms with van der Waals surface area (Å²) in [6.45, 7) is 3.60. The zero-order valence-corrected chi connectivity index (χ0v) is 10.6. The number of halogens is 2. The number of hydrogen-bond acceptors (Lipinski definition) is 1. The van der Waals surface area contributed by atoms with Crippen molar-refractivity contribution < 1.29 is 4.79 Å². The van der Waals surface area contributed by atoms with Gasteiger partial charge in [0.05, 0.1) is 0 Å². The molecule has 0 unspecified atom stereocenters. The number of benzene rings is 1. The fraction of sp³-hybridized carbons (Fsp3) is 0.222. The van der Waals surface area contributed by atoms with Gasteiger partial charge in [0.1, 0.15) is 0 Å². The van der Waals surface area contributed by atoms with E-state index in [4.69, 9.17) is 0 Å². The summed E-state index contributed by atoms with van der Waals surface area (Å²) in [4.78, 5) is 11.1.